The number of hydrogen-bond acceptors (Lipinski definition) is 6. The summed E-state index contributed by atoms with van der Waals surface area (Å²) >= 11 is 0. The molecule has 1 heterocycles. The first-order valence-electron chi connectivity index (χ1n) is 13.3. The smallest absolute Gasteiger partial charge is 0.238 e. The predicted octanol–water partition coefficient (Wildman–Crippen LogP) is 4.60. The van der Waals surface area contributed by atoms with E-state index in [-0.39, 0.29) is 35.6 Å². The number of aryl methyl sites for hydroxylation is 1. The number of carbonyl (C=O) groups excluding carboxylic acids is 4. The van der Waals surface area contributed by atoms with Gasteiger partial charge in [0.2, 0.25) is 11.8 Å². The summed E-state index contributed by atoms with van der Waals surface area (Å²) in [7, 11) is 1.50. The van der Waals surface area contributed by atoms with Crippen LogP contribution in [-0.2, 0) is 25.6 Å². The zero-order valence-electron chi connectivity index (χ0n) is 22.1. The maximum Gasteiger partial charge on any atom is 0.238 e. The highest BCUT2D eigenvalue weighted by Crippen LogP contribution is 2.56. The normalized spacial score (nSPS) is 26.2. The second kappa shape index (κ2) is 9.19. The number of Topliss-reactive ketones (excluding diaryl/α,β-unsaturated/α-hetero) is 1. The van der Waals surface area contributed by atoms with Gasteiger partial charge in [0.05, 0.1) is 24.6 Å². The van der Waals surface area contributed by atoms with E-state index in [4.69, 9.17) is 4.74 Å². The summed E-state index contributed by atoms with van der Waals surface area (Å²) < 4.78 is 5.25. The van der Waals surface area contributed by atoms with E-state index in [1.54, 1.807) is 31.2 Å². The Kier molecular flexibility index (Phi) is 5.90. The number of carbonyl (C=O) groups is 4. The van der Waals surface area contributed by atoms with E-state index in [0.717, 1.165) is 17.6 Å². The van der Waals surface area contributed by atoms with Crippen LogP contribution in [0.5, 0.6) is 11.5 Å². The summed E-state index contributed by atoms with van der Waals surface area (Å²) in [6.45, 7) is 3.66. The van der Waals surface area contributed by atoms with Crippen LogP contribution in [0, 0.1) is 17.8 Å². The van der Waals surface area contributed by atoms with Crippen molar-refractivity contribution in [1.82, 2.24) is 0 Å². The van der Waals surface area contributed by atoms with Crippen molar-refractivity contribution in [3.63, 3.8) is 0 Å². The molecule has 7 nitrogen and oxygen atoms in total. The first-order chi connectivity index (χ1) is 18.7. The highest BCUT2D eigenvalue weighted by atomic mass is 16.5. The number of ether oxygens (including phenoxy) is 1. The fraction of sp³-hybridized carbons (Fsp3) is 0.312. The van der Waals surface area contributed by atoms with Gasteiger partial charge in [0, 0.05) is 34.3 Å². The van der Waals surface area contributed by atoms with Crippen LogP contribution >= 0.6 is 0 Å². The van der Waals surface area contributed by atoms with E-state index < -0.39 is 23.7 Å². The summed E-state index contributed by atoms with van der Waals surface area (Å²) in [6.07, 6.45) is 4.69. The lowest BCUT2D eigenvalue weighted by atomic mass is 9.59. The number of anilines is 1. The van der Waals surface area contributed by atoms with Gasteiger partial charge in [0.25, 0.3) is 0 Å². The van der Waals surface area contributed by atoms with Gasteiger partial charge in [-0.25, -0.2) is 0 Å². The summed E-state index contributed by atoms with van der Waals surface area (Å²) in [5.74, 6) is -2.98. The third-order valence-corrected chi connectivity index (χ3v) is 8.72. The Labute approximate surface area is 226 Å². The third kappa shape index (κ3) is 3.71. The number of rotatable bonds is 4. The van der Waals surface area contributed by atoms with Gasteiger partial charge in [0.1, 0.15) is 11.5 Å². The highest BCUT2D eigenvalue weighted by Gasteiger charge is 2.56. The molecule has 0 bridgehead atoms. The lowest BCUT2D eigenvalue weighted by Gasteiger charge is -2.42. The van der Waals surface area contributed by atoms with E-state index in [0.29, 0.717) is 40.1 Å². The maximum absolute atomic E-state index is 13.9. The fourth-order valence-electron chi connectivity index (χ4n) is 6.75. The van der Waals surface area contributed by atoms with Crippen LogP contribution in [0.2, 0.25) is 0 Å². The Morgan fingerprint density at radius 2 is 1.74 bits per heavy atom. The van der Waals surface area contributed by atoms with Crippen LogP contribution in [0.15, 0.2) is 76.9 Å². The molecule has 1 aliphatic heterocycles. The van der Waals surface area contributed by atoms with E-state index in [9.17, 15) is 24.3 Å². The molecular weight excluding hydrogens is 494 g/mol. The molecule has 4 unspecified atom stereocenters. The van der Waals surface area contributed by atoms with Crippen LogP contribution < -0.4 is 9.64 Å². The van der Waals surface area contributed by atoms with Gasteiger partial charge in [-0.3, -0.25) is 24.1 Å². The first-order valence-corrected chi connectivity index (χ1v) is 13.3. The minimum absolute atomic E-state index is 0.0613. The zero-order valence-corrected chi connectivity index (χ0v) is 22.1. The van der Waals surface area contributed by atoms with Gasteiger partial charge >= 0.3 is 0 Å². The molecule has 2 aromatic rings. The number of methoxy groups -OCH3 is 1. The van der Waals surface area contributed by atoms with Crippen molar-refractivity contribution in [2.45, 2.75) is 39.0 Å². The van der Waals surface area contributed by atoms with Crippen molar-refractivity contribution in [2.75, 3.05) is 12.0 Å². The topological polar surface area (TPSA) is 101 Å². The zero-order chi connectivity index (χ0) is 27.6. The van der Waals surface area contributed by atoms with Crippen LogP contribution in [0.3, 0.4) is 0 Å². The SMILES string of the molecule is CCc1ccc(N2C(=O)C3CC=C4C(c5ccc(OC)cc5O)C5=C(CC4C3C2=O)C(=O)C=C(C)C5=O)cc1. The van der Waals surface area contributed by atoms with Crippen molar-refractivity contribution in [2.24, 2.45) is 17.8 Å². The number of nitrogens with zero attached hydrogens (tertiary/aromatic N) is 1. The molecule has 6 rings (SSSR count). The molecule has 1 fully saturated rings. The highest BCUT2D eigenvalue weighted by molar-refractivity contribution is 6.25. The number of benzene rings is 2. The minimum atomic E-state index is -0.702. The van der Waals surface area contributed by atoms with Crippen LogP contribution in [0.4, 0.5) is 5.69 Å². The molecule has 1 saturated heterocycles. The van der Waals surface area contributed by atoms with Crippen LogP contribution in [-0.4, -0.2) is 35.6 Å². The van der Waals surface area contributed by atoms with Gasteiger partial charge in [-0.05, 0) is 61.9 Å². The Morgan fingerprint density at radius 3 is 2.41 bits per heavy atom. The molecule has 198 valence electrons. The van der Waals surface area contributed by atoms with Crippen molar-refractivity contribution in [1.29, 1.82) is 0 Å². The van der Waals surface area contributed by atoms with Crippen molar-refractivity contribution >= 4 is 29.1 Å². The number of fused-ring (bicyclic) bond motifs is 3. The molecule has 0 spiro atoms. The first kappa shape index (κ1) is 25.0. The molecule has 3 aliphatic carbocycles. The second-order valence-corrected chi connectivity index (χ2v) is 10.7. The Morgan fingerprint density at radius 1 is 1.00 bits per heavy atom. The Balaban J connectivity index is 1.47. The number of ketones is 2. The summed E-state index contributed by atoms with van der Waals surface area (Å²) in [5, 5.41) is 11.0. The molecule has 0 saturated carbocycles. The molecule has 0 aromatic heterocycles. The molecular formula is C32H29NO6. The van der Waals surface area contributed by atoms with Crippen molar-refractivity contribution < 1.29 is 29.0 Å². The lowest BCUT2D eigenvalue weighted by molar-refractivity contribution is -0.123. The predicted molar refractivity (Wildman–Crippen MR) is 144 cm³/mol. The Bertz CT molecular complexity index is 1540. The number of allylic oxidation sites excluding steroid dienone is 6. The number of phenols is 1. The molecule has 1 N–H and O–H groups in total. The number of imide groups is 1. The quantitative estimate of drug-likeness (QED) is 0.357. The van der Waals surface area contributed by atoms with Gasteiger partial charge in [-0.15, -0.1) is 0 Å². The summed E-state index contributed by atoms with van der Waals surface area (Å²) in [6, 6.07) is 12.3. The average Bonchev–Trinajstić information content (AvgIpc) is 3.20. The van der Waals surface area contributed by atoms with Crippen molar-refractivity contribution in [3.05, 3.63) is 88.0 Å². The molecule has 4 aliphatic rings. The van der Waals surface area contributed by atoms with E-state index in [1.807, 2.05) is 25.1 Å². The van der Waals surface area contributed by atoms with Gasteiger partial charge < -0.3 is 9.84 Å². The average molecular weight is 524 g/mol. The lowest BCUT2D eigenvalue weighted by Crippen LogP contribution is -2.39. The molecule has 4 atom stereocenters. The number of amides is 2. The molecule has 39 heavy (non-hydrogen) atoms. The monoisotopic (exact) mass is 523 g/mol. The maximum atomic E-state index is 13.9. The number of phenolic OH excluding ortho intramolecular Hbond substituents is 1. The van der Waals surface area contributed by atoms with Gasteiger partial charge in [-0.1, -0.05) is 36.8 Å². The summed E-state index contributed by atoms with van der Waals surface area (Å²) in [4.78, 5) is 55.6. The number of aromatic hydroxyl groups is 1. The van der Waals surface area contributed by atoms with E-state index in [1.165, 1.54) is 24.2 Å². The van der Waals surface area contributed by atoms with Gasteiger partial charge in [-0.2, -0.15) is 0 Å². The Hall–Kier alpha value is -4.26. The molecule has 2 amide bonds. The van der Waals surface area contributed by atoms with Crippen LogP contribution in [0.1, 0.15) is 43.7 Å². The van der Waals surface area contributed by atoms with Crippen molar-refractivity contribution in [3.8, 4) is 11.5 Å². The minimum Gasteiger partial charge on any atom is -0.507 e. The summed E-state index contributed by atoms with van der Waals surface area (Å²) in [5.41, 5.74) is 3.98. The van der Waals surface area contributed by atoms with E-state index in [2.05, 4.69) is 0 Å². The molecule has 2 aromatic carbocycles. The second-order valence-electron chi connectivity index (χ2n) is 10.7. The molecule has 7 heteroatoms. The number of hydrogen-bond donors (Lipinski definition) is 1. The fourth-order valence-corrected chi connectivity index (χ4v) is 6.75. The standard InChI is InChI=1S/C32H29NO6/c1-4-17-5-7-18(8-6-17)33-31(37)22-12-11-20-23(28(22)32(33)38)15-24-25(34)13-16(2)30(36)29(24)27(20)21-10-9-19(39-3)14-26(21)35/h5-11,13-14,22-23,27-28,35H,4,12,15H2,1-3H3. The molecule has 0 radical (unpaired) electrons. The largest absolute Gasteiger partial charge is 0.507 e. The van der Waals surface area contributed by atoms with Crippen LogP contribution in [0.25, 0.3) is 0 Å². The van der Waals surface area contributed by atoms with Gasteiger partial charge in [0.15, 0.2) is 11.6 Å². The third-order valence-electron chi connectivity index (χ3n) is 8.72. The van der Waals surface area contributed by atoms with E-state index >= 15 is 0 Å².